The van der Waals surface area contributed by atoms with Crippen LogP contribution in [0.15, 0.2) is 85.2 Å². The number of pyridine rings is 2. The number of aromatic nitrogens is 2. The zero-order valence-corrected chi connectivity index (χ0v) is 66.0. The standard InChI is InChI=1S/2C42H57N3O9S/c2*1-25(2)52-30-12-15-33-28(19-30)16-17-43-38(33)53-31-20-35-36(46)23-42(40(49)44-55(50,51)32-13-14-32)22-29(42)11-9-8-10-26(3)18-27(4)34(39(48)45(35)24-31)21-37(47)54-41(5,6)7/h2*9,11-12,15-17,19,25-27,29,31-32,34-35H,8,10,13-14,18,20-24H2,1-7H3,(H,44,49)/b2*11-9-/t26-,27+,29+,31+,34-,35-,42+;26-,27-,29-,31-,34+,35+,42-/m01/s1/i2*5D3,6D3. The van der Waals surface area contributed by atoms with Gasteiger partial charge in [0.15, 0.2) is 11.6 Å². The lowest BCUT2D eigenvalue weighted by Gasteiger charge is -2.32. The van der Waals surface area contributed by atoms with E-state index in [-0.39, 0.29) is 87.4 Å². The van der Waals surface area contributed by atoms with Gasteiger partial charge in [-0.2, -0.15) is 0 Å². The van der Waals surface area contributed by atoms with Crippen LogP contribution >= 0.6 is 0 Å². The maximum Gasteiger partial charge on any atom is 0.307 e. The van der Waals surface area contributed by atoms with Gasteiger partial charge in [0.25, 0.3) is 0 Å². The second-order valence-corrected chi connectivity index (χ2v) is 37.1. The van der Waals surface area contributed by atoms with Crippen molar-refractivity contribution in [1.82, 2.24) is 29.2 Å². The van der Waals surface area contributed by atoms with Gasteiger partial charge in [-0.15, -0.1) is 0 Å². The Hall–Kier alpha value is -8.00. The Morgan fingerprint density at radius 2 is 0.945 bits per heavy atom. The summed E-state index contributed by atoms with van der Waals surface area (Å²) in [5.41, 5.74) is -8.48. The molecule has 2 aromatic heterocycles. The highest BCUT2D eigenvalue weighted by Crippen LogP contribution is 2.59. The van der Waals surface area contributed by atoms with E-state index in [0.29, 0.717) is 86.5 Å². The number of nitrogens with zero attached hydrogens (tertiary/aromatic N) is 4. The van der Waals surface area contributed by atoms with E-state index < -0.39 is 200 Å². The van der Waals surface area contributed by atoms with E-state index in [4.69, 9.17) is 44.9 Å². The van der Waals surface area contributed by atoms with Crippen molar-refractivity contribution in [1.29, 1.82) is 0 Å². The number of rotatable bonds is 18. The normalized spacial score (nSPS) is 31.9. The third kappa shape index (κ3) is 20.6. The van der Waals surface area contributed by atoms with E-state index in [1.165, 1.54) is 9.80 Å². The second-order valence-electron chi connectivity index (χ2n) is 33.1. The molecule has 2 N–H and O–H groups in total. The predicted molar refractivity (Wildman–Crippen MR) is 415 cm³/mol. The fraction of sp³-hybridized carbons (Fsp3) is 0.643. The molecule has 6 heterocycles. The van der Waals surface area contributed by atoms with Crippen molar-refractivity contribution in [2.45, 2.75) is 270 Å². The van der Waals surface area contributed by atoms with E-state index in [1.807, 2.05) is 78.0 Å². The Kier molecular flexibility index (Phi) is 20.5. The number of Topliss-reactive ketones (excluding diaryl/α,β-unsaturated/α-hetero) is 2. The van der Waals surface area contributed by atoms with Gasteiger partial charge in [0.05, 0.1) is 83.4 Å². The van der Waals surface area contributed by atoms with Gasteiger partial charge in [0, 0.05) is 65.3 Å². The average Bonchev–Trinajstić information content (AvgIpc) is 1.63. The van der Waals surface area contributed by atoms with Crippen molar-refractivity contribution in [3.05, 3.63) is 85.2 Å². The molecular weight excluding hydrogens is 1450 g/mol. The van der Waals surface area contributed by atoms with Gasteiger partial charge in [0.2, 0.25) is 55.4 Å². The minimum absolute atomic E-state index is 0.0121. The number of nitrogens with one attached hydrogen (secondary N) is 2. The second kappa shape index (κ2) is 33.4. The van der Waals surface area contributed by atoms with E-state index in [1.54, 1.807) is 62.6 Å². The van der Waals surface area contributed by atoms with Crippen molar-refractivity contribution < 1.29 is 100 Å². The van der Waals surface area contributed by atoms with Crippen LogP contribution in [0.3, 0.4) is 0 Å². The number of carbonyl (C=O) groups is 8. The third-order valence-corrected chi connectivity index (χ3v) is 26.1. The highest BCUT2D eigenvalue weighted by molar-refractivity contribution is 7.91. The van der Waals surface area contributed by atoms with Crippen LogP contribution in [0.2, 0.25) is 0 Å². The van der Waals surface area contributed by atoms with Gasteiger partial charge >= 0.3 is 11.9 Å². The number of esters is 2. The molecule has 110 heavy (non-hydrogen) atoms. The SMILES string of the molecule is [2H]C([2H])([2H])C(C)(OC(=O)C[C@@H]1C(=O)N2C[C@H](Oc3nccc4cc(OC(C)C)ccc34)C[C@H]2C(=O)C[C@]2(C(=O)NS(=O)(=O)C3CC3)C[C@H]2/C=C\CC[C@@H](C)C[C@H]1C)C([2H])([2H])[2H].[2H]C([2H])([2H])C(C)(OC(=O)C[C@@H]1C(=O)N2C[C@H](Oc3nccc4cc(OC(C)C)ccc34)C[C@H]2C(=O)C[C@]2(C(=O)NS(=O)(=O)C3CC3)C[C@H]2/C=C\CC[C@H](C)C[C@H]1C)C([2H])([2H])[2H]. The summed E-state index contributed by atoms with van der Waals surface area (Å²) in [6.07, 6.45) is 12.5. The Labute approximate surface area is 665 Å². The lowest BCUT2D eigenvalue weighted by Crippen LogP contribution is -2.47. The maximum atomic E-state index is 15.0. The van der Waals surface area contributed by atoms with Gasteiger partial charge in [-0.1, -0.05) is 52.0 Å². The molecular formula is C84H114N6O18S2. The molecule has 4 amide bonds. The van der Waals surface area contributed by atoms with E-state index >= 15 is 9.59 Å². The third-order valence-electron chi connectivity index (χ3n) is 22.4. The van der Waals surface area contributed by atoms with Gasteiger partial charge in [0.1, 0.15) is 34.9 Å². The fourth-order valence-electron chi connectivity index (χ4n) is 16.3. The van der Waals surface area contributed by atoms with Crippen LogP contribution in [0, 0.1) is 58.2 Å². The smallest absolute Gasteiger partial charge is 0.307 e. The molecule has 0 bridgehead atoms. The van der Waals surface area contributed by atoms with Crippen LogP contribution < -0.4 is 28.4 Å². The van der Waals surface area contributed by atoms with Crippen molar-refractivity contribution >= 4 is 88.7 Å². The lowest BCUT2D eigenvalue weighted by atomic mass is 9.82. The molecule has 12 rings (SSSR count). The van der Waals surface area contributed by atoms with Crippen LogP contribution in [0.1, 0.15) is 229 Å². The molecule has 14 atom stereocenters. The minimum Gasteiger partial charge on any atom is -0.491 e. The number of amides is 4. The number of carbonyl (C=O) groups excluding carboxylic acids is 8. The number of fused-ring (bicyclic) bond motifs is 6. The summed E-state index contributed by atoms with van der Waals surface area (Å²) >= 11 is 0. The monoisotopic (exact) mass is 1570 g/mol. The van der Waals surface area contributed by atoms with Crippen molar-refractivity contribution in [3.8, 4) is 23.3 Å². The molecule has 24 nitrogen and oxygen atoms in total. The topological polar surface area (TPSA) is 317 Å². The summed E-state index contributed by atoms with van der Waals surface area (Å²) in [5.74, 6) is -8.58. The summed E-state index contributed by atoms with van der Waals surface area (Å²) < 4.78 is 187. The first-order valence-electron chi connectivity index (χ1n) is 44.7. The summed E-state index contributed by atoms with van der Waals surface area (Å²) in [5, 5.41) is 1.51. The molecule has 0 unspecified atom stereocenters. The van der Waals surface area contributed by atoms with Crippen LogP contribution in [-0.2, 0) is 67.9 Å². The van der Waals surface area contributed by atoms with Gasteiger partial charge < -0.3 is 38.2 Å². The van der Waals surface area contributed by atoms with E-state index in [2.05, 4.69) is 19.4 Å². The Balaban J connectivity index is 0.000000238. The number of ether oxygens (including phenoxy) is 6. The van der Waals surface area contributed by atoms with Crippen LogP contribution in [-0.4, -0.2) is 155 Å². The fourth-order valence-corrected chi connectivity index (χ4v) is 19.1. The minimum atomic E-state index is -3.94. The summed E-state index contributed by atoms with van der Waals surface area (Å²) in [7, 11) is -7.88. The lowest BCUT2D eigenvalue weighted by molar-refractivity contribution is -0.160. The number of sulfonamides is 2. The molecule has 4 aliphatic carbocycles. The zero-order chi connectivity index (χ0) is 89.7. The number of ketones is 2. The van der Waals surface area contributed by atoms with Crippen LogP contribution in [0.5, 0.6) is 23.3 Å². The molecule has 600 valence electrons. The maximum absolute atomic E-state index is 15.0. The molecule has 2 aromatic carbocycles. The number of allylic oxidation sites excluding steroid dienone is 4. The largest absolute Gasteiger partial charge is 0.491 e. The number of hydrogen-bond donors (Lipinski definition) is 2. The molecule has 4 aromatic rings. The highest BCUT2D eigenvalue weighted by Gasteiger charge is 2.63. The summed E-state index contributed by atoms with van der Waals surface area (Å²) in [6.45, 7) is 3.65. The Morgan fingerprint density at radius 1 is 0.564 bits per heavy atom. The molecule has 4 saturated carbocycles. The first kappa shape index (κ1) is 67.7. The summed E-state index contributed by atoms with van der Waals surface area (Å²) in [4.78, 5) is 126. The number of hydrogen-bond acceptors (Lipinski definition) is 20. The quantitative estimate of drug-likeness (QED) is 0.0690. The Bertz CT molecular complexity index is 4590. The highest BCUT2D eigenvalue weighted by atomic mass is 32.2. The van der Waals surface area contributed by atoms with Crippen LogP contribution in [0.4, 0.5) is 0 Å². The molecule has 2 saturated heterocycles. The van der Waals surface area contributed by atoms with Crippen LogP contribution in [0.25, 0.3) is 21.5 Å². The first-order chi connectivity index (χ1) is 56.7. The molecule has 4 aliphatic heterocycles. The molecule has 0 radical (unpaired) electrons. The molecule has 26 heteroatoms. The van der Waals surface area contributed by atoms with E-state index in [9.17, 15) is 45.6 Å². The molecule has 0 spiro atoms. The first-order valence-corrected chi connectivity index (χ1v) is 41.8. The zero-order valence-electron chi connectivity index (χ0n) is 76.4. The molecule has 6 fully saturated rings. The summed E-state index contributed by atoms with van der Waals surface area (Å²) in [6, 6.07) is 12.1. The van der Waals surface area contributed by atoms with Gasteiger partial charge in [-0.05, 0) is 241 Å². The van der Waals surface area contributed by atoms with Crippen molar-refractivity contribution in [2.24, 2.45) is 58.2 Å². The molecule has 8 aliphatic rings. The van der Waals surface area contributed by atoms with Gasteiger partial charge in [-0.3, -0.25) is 47.8 Å². The van der Waals surface area contributed by atoms with E-state index in [0.717, 1.165) is 24.6 Å². The van der Waals surface area contributed by atoms with Crippen molar-refractivity contribution in [3.63, 3.8) is 0 Å². The van der Waals surface area contributed by atoms with Gasteiger partial charge in [-0.25, -0.2) is 26.8 Å². The average molecular weight is 1570 g/mol. The Morgan fingerprint density at radius 3 is 1.30 bits per heavy atom. The van der Waals surface area contributed by atoms with Crippen molar-refractivity contribution in [2.75, 3.05) is 13.1 Å². The number of benzene rings is 2. The predicted octanol–water partition coefficient (Wildman–Crippen LogP) is 12.6.